The van der Waals surface area contributed by atoms with Crippen LogP contribution in [-0.4, -0.2) is 25.2 Å². The van der Waals surface area contributed by atoms with Crippen LogP contribution >= 0.6 is 0 Å². The normalized spacial score (nSPS) is 26.3. The average Bonchev–Trinajstić information content (AvgIpc) is 2.92. The summed E-state index contributed by atoms with van der Waals surface area (Å²) in [6, 6.07) is 17.1. The summed E-state index contributed by atoms with van der Waals surface area (Å²) < 4.78 is 0. The summed E-state index contributed by atoms with van der Waals surface area (Å²) >= 11 is 0. The van der Waals surface area contributed by atoms with Gasteiger partial charge in [0.2, 0.25) is 0 Å². The van der Waals surface area contributed by atoms with Gasteiger partial charge in [-0.25, -0.2) is 0 Å². The highest BCUT2D eigenvalue weighted by Gasteiger charge is 2.29. The fraction of sp³-hybridized carbons (Fsp3) is 0.333. The molecule has 0 aromatic heterocycles. The van der Waals surface area contributed by atoms with Gasteiger partial charge in [-0.1, -0.05) is 42.5 Å². The lowest BCUT2D eigenvalue weighted by molar-refractivity contribution is 0.386. The lowest BCUT2D eigenvalue weighted by Crippen LogP contribution is -2.57. The molecule has 6 rings (SSSR count). The molecule has 0 spiro atoms. The molecule has 2 aromatic carbocycles. The topological polar surface area (TPSA) is 15.3 Å². The van der Waals surface area contributed by atoms with E-state index in [1.807, 2.05) is 0 Å². The second-order valence-electron chi connectivity index (χ2n) is 7.03. The lowest BCUT2D eigenvalue weighted by atomic mass is 9.98. The first-order valence-corrected chi connectivity index (χ1v) is 8.75. The zero-order valence-electron chi connectivity index (χ0n) is 13.3. The van der Waals surface area contributed by atoms with Crippen LogP contribution in [-0.2, 0) is 6.42 Å². The van der Waals surface area contributed by atoms with Crippen molar-refractivity contribution in [2.24, 2.45) is 0 Å². The van der Waals surface area contributed by atoms with Crippen LogP contribution in [0.25, 0.3) is 11.1 Å². The maximum atomic E-state index is 3.69. The van der Waals surface area contributed by atoms with Crippen molar-refractivity contribution in [2.45, 2.75) is 31.3 Å². The molecule has 2 heteroatoms. The molecule has 1 fully saturated rings. The molecule has 116 valence electrons. The highest BCUT2D eigenvalue weighted by atomic mass is 15.2. The van der Waals surface area contributed by atoms with E-state index in [1.54, 1.807) is 0 Å². The first-order valence-electron chi connectivity index (χ1n) is 8.75. The van der Waals surface area contributed by atoms with Crippen molar-refractivity contribution in [1.82, 2.24) is 5.32 Å². The van der Waals surface area contributed by atoms with Crippen LogP contribution in [0.3, 0.4) is 0 Å². The summed E-state index contributed by atoms with van der Waals surface area (Å²) in [7, 11) is 0. The van der Waals surface area contributed by atoms with Gasteiger partial charge in [-0.2, -0.15) is 0 Å². The predicted octanol–water partition coefficient (Wildman–Crippen LogP) is 3.75. The molecular formula is C21H22N2. The largest absolute Gasteiger partial charge is 0.365 e. The molecule has 3 aliphatic heterocycles. The third-order valence-corrected chi connectivity index (χ3v) is 5.60. The van der Waals surface area contributed by atoms with Gasteiger partial charge in [0.1, 0.15) is 0 Å². The van der Waals surface area contributed by atoms with Gasteiger partial charge in [-0.3, -0.25) is 0 Å². The summed E-state index contributed by atoms with van der Waals surface area (Å²) in [5.74, 6) is 0. The van der Waals surface area contributed by atoms with Crippen molar-refractivity contribution >= 4 is 5.69 Å². The number of nitrogens with one attached hydrogen (secondary N) is 1. The van der Waals surface area contributed by atoms with Crippen LogP contribution in [0, 0.1) is 0 Å². The molecule has 3 heterocycles. The van der Waals surface area contributed by atoms with Crippen molar-refractivity contribution in [2.75, 3.05) is 18.0 Å². The Balaban J connectivity index is 1.51. The second-order valence-corrected chi connectivity index (χ2v) is 7.03. The minimum atomic E-state index is 0.588. The van der Waals surface area contributed by atoms with E-state index in [0.717, 1.165) is 32.4 Å². The molecule has 2 unspecified atom stereocenters. The van der Waals surface area contributed by atoms with Gasteiger partial charge in [0.25, 0.3) is 0 Å². The van der Waals surface area contributed by atoms with Gasteiger partial charge in [-0.05, 0) is 53.6 Å². The van der Waals surface area contributed by atoms with Crippen LogP contribution in [0.1, 0.15) is 24.0 Å². The van der Waals surface area contributed by atoms with Crippen LogP contribution < -0.4 is 10.2 Å². The molecule has 2 nitrogen and oxygen atoms in total. The van der Waals surface area contributed by atoms with Crippen molar-refractivity contribution in [1.29, 1.82) is 0 Å². The van der Waals surface area contributed by atoms with Gasteiger partial charge in [0.15, 0.2) is 0 Å². The number of fused-ring (bicyclic) bond motifs is 7. The number of benzene rings is 2. The Labute approximate surface area is 137 Å². The molecule has 1 saturated heterocycles. The molecule has 0 saturated carbocycles. The van der Waals surface area contributed by atoms with Crippen molar-refractivity contribution in [3.05, 3.63) is 65.7 Å². The molecule has 23 heavy (non-hydrogen) atoms. The molecule has 2 bridgehead atoms. The first-order chi connectivity index (χ1) is 11.4. The SMILES string of the molecule is C1=C\CC2CNC(C/1)CN2c1ccc2c(c1)Cc1ccccc1-2. The fourth-order valence-corrected chi connectivity index (χ4v) is 4.37. The monoisotopic (exact) mass is 302 g/mol. The Morgan fingerprint density at radius 3 is 2.78 bits per heavy atom. The molecule has 2 atom stereocenters. The summed E-state index contributed by atoms with van der Waals surface area (Å²) in [6.07, 6.45) is 8.10. The second kappa shape index (κ2) is 5.24. The van der Waals surface area contributed by atoms with Gasteiger partial charge < -0.3 is 10.2 Å². The van der Waals surface area contributed by atoms with Gasteiger partial charge in [-0.15, -0.1) is 0 Å². The highest BCUT2D eigenvalue weighted by Crippen LogP contribution is 2.39. The zero-order chi connectivity index (χ0) is 15.2. The van der Waals surface area contributed by atoms with Crippen molar-refractivity contribution < 1.29 is 0 Å². The molecule has 0 amide bonds. The quantitative estimate of drug-likeness (QED) is 0.689. The van der Waals surface area contributed by atoms with Crippen LogP contribution in [0.2, 0.25) is 0 Å². The van der Waals surface area contributed by atoms with E-state index in [2.05, 4.69) is 64.8 Å². The Kier molecular flexibility index (Phi) is 3.05. The van der Waals surface area contributed by atoms with E-state index in [9.17, 15) is 0 Å². The van der Waals surface area contributed by atoms with Crippen LogP contribution in [0.15, 0.2) is 54.6 Å². The molecule has 1 aliphatic carbocycles. The van der Waals surface area contributed by atoms with E-state index in [1.165, 1.54) is 27.9 Å². The summed E-state index contributed by atoms with van der Waals surface area (Å²) in [4.78, 5) is 2.63. The number of hydrogen-bond acceptors (Lipinski definition) is 2. The standard InChI is InChI=1S/C21H22N2/c1-4-8-20-15(5-1)11-16-12-18(9-10-21(16)20)23-14-17-6-2-3-7-19(23)13-22-17/h1-5,8-10,12,17,19,22H,6-7,11,13-14H2/b3-2-. The smallest absolute Gasteiger partial charge is 0.0449 e. The Morgan fingerprint density at radius 2 is 1.78 bits per heavy atom. The Morgan fingerprint density at radius 1 is 0.913 bits per heavy atom. The Bertz CT molecular complexity index is 777. The number of rotatable bonds is 1. The summed E-state index contributed by atoms with van der Waals surface area (Å²) in [5, 5.41) is 3.69. The maximum Gasteiger partial charge on any atom is 0.0449 e. The zero-order valence-corrected chi connectivity index (χ0v) is 13.3. The highest BCUT2D eigenvalue weighted by molar-refractivity contribution is 5.78. The van der Waals surface area contributed by atoms with Crippen LogP contribution in [0.4, 0.5) is 5.69 Å². The number of hydrogen-bond donors (Lipinski definition) is 1. The maximum absolute atomic E-state index is 3.69. The van der Waals surface area contributed by atoms with E-state index in [0.29, 0.717) is 12.1 Å². The molecule has 1 N–H and O–H groups in total. The van der Waals surface area contributed by atoms with E-state index in [-0.39, 0.29) is 0 Å². The fourth-order valence-electron chi connectivity index (χ4n) is 4.37. The first kappa shape index (κ1) is 13.4. The van der Waals surface area contributed by atoms with E-state index >= 15 is 0 Å². The third-order valence-electron chi connectivity index (χ3n) is 5.60. The van der Waals surface area contributed by atoms with Gasteiger partial charge >= 0.3 is 0 Å². The minimum Gasteiger partial charge on any atom is -0.365 e. The number of nitrogens with zero attached hydrogens (tertiary/aromatic N) is 1. The Hall–Kier alpha value is -2.06. The van der Waals surface area contributed by atoms with Gasteiger partial charge in [0.05, 0.1) is 0 Å². The molecule has 2 aromatic rings. The molecule has 0 radical (unpaired) electrons. The van der Waals surface area contributed by atoms with E-state index < -0.39 is 0 Å². The average molecular weight is 302 g/mol. The lowest BCUT2D eigenvalue weighted by Gasteiger charge is -2.43. The van der Waals surface area contributed by atoms with Crippen molar-refractivity contribution in [3.8, 4) is 11.1 Å². The minimum absolute atomic E-state index is 0.588. The van der Waals surface area contributed by atoms with Crippen LogP contribution in [0.5, 0.6) is 0 Å². The predicted molar refractivity (Wildman–Crippen MR) is 96.0 cm³/mol. The van der Waals surface area contributed by atoms with E-state index in [4.69, 9.17) is 0 Å². The number of anilines is 1. The summed E-state index contributed by atoms with van der Waals surface area (Å²) in [5.41, 5.74) is 7.22. The summed E-state index contributed by atoms with van der Waals surface area (Å²) in [6.45, 7) is 2.23. The molecular weight excluding hydrogens is 280 g/mol. The number of piperazine rings is 1. The van der Waals surface area contributed by atoms with Crippen molar-refractivity contribution in [3.63, 3.8) is 0 Å². The third kappa shape index (κ3) is 2.21. The van der Waals surface area contributed by atoms with Gasteiger partial charge in [0, 0.05) is 30.9 Å². The molecule has 4 aliphatic rings.